The standard InChI is InChI=1S/C41H56N2O5/c1-25(2)7-6-8-26(3)34-19-20-35-33-18-13-29-23-32(44)24-41(40(29,5)36(33)21-22-39(34,35)4,47-37(45)27-9-14-30(42)15-10-27)48-38(46)28-11-16-31(43)17-12-28/h9-17,25-26,32-36,44H,6-8,18-24,42-43H2,1-5H3/t26-,32-,33+,34-,35+,36+,39-,40+/m1/s1. The smallest absolute Gasteiger partial charge is 0.341 e. The first-order valence-corrected chi connectivity index (χ1v) is 18.3. The van der Waals surface area contributed by atoms with Crippen molar-refractivity contribution < 1.29 is 24.2 Å². The van der Waals surface area contributed by atoms with Crippen molar-refractivity contribution in [1.29, 1.82) is 0 Å². The number of nitrogens with two attached hydrogens (primary N) is 2. The summed E-state index contributed by atoms with van der Waals surface area (Å²) < 4.78 is 13.0. The van der Waals surface area contributed by atoms with Crippen LogP contribution < -0.4 is 11.5 Å². The molecule has 8 atom stereocenters. The summed E-state index contributed by atoms with van der Waals surface area (Å²) >= 11 is 0. The van der Waals surface area contributed by atoms with E-state index in [4.69, 9.17) is 20.9 Å². The molecule has 0 amide bonds. The lowest BCUT2D eigenvalue weighted by Crippen LogP contribution is -2.65. The molecule has 7 nitrogen and oxygen atoms in total. The zero-order valence-corrected chi connectivity index (χ0v) is 29.5. The van der Waals surface area contributed by atoms with Gasteiger partial charge in [0.1, 0.15) is 0 Å². The Morgan fingerprint density at radius 1 is 0.854 bits per heavy atom. The van der Waals surface area contributed by atoms with E-state index < -0.39 is 29.2 Å². The highest BCUT2D eigenvalue weighted by molar-refractivity contribution is 5.92. The van der Waals surface area contributed by atoms with Crippen LogP contribution in [0.3, 0.4) is 0 Å². The predicted octanol–water partition coefficient (Wildman–Crippen LogP) is 8.57. The number of anilines is 2. The average molecular weight is 657 g/mol. The maximum Gasteiger partial charge on any atom is 0.341 e. The van der Waals surface area contributed by atoms with Crippen LogP contribution in [0.15, 0.2) is 60.2 Å². The summed E-state index contributed by atoms with van der Waals surface area (Å²) in [6.45, 7) is 11.8. The van der Waals surface area contributed by atoms with Crippen molar-refractivity contribution in [3.63, 3.8) is 0 Å². The van der Waals surface area contributed by atoms with E-state index >= 15 is 0 Å². The van der Waals surface area contributed by atoms with Gasteiger partial charge in [0.2, 0.25) is 0 Å². The SMILES string of the molecule is CC(C)CCC[C@@H](C)[C@H]1CC[C@H]2[C@@H]3CC=C4C[C@@H](O)CC(OC(=O)c5ccc(N)cc5)(OC(=O)c5ccc(N)cc5)[C@]4(C)[C@H]3CC[C@]12C. The number of benzene rings is 2. The average Bonchev–Trinajstić information content (AvgIpc) is 3.39. The highest BCUT2D eigenvalue weighted by Gasteiger charge is 2.69. The fourth-order valence-corrected chi connectivity index (χ4v) is 10.7. The van der Waals surface area contributed by atoms with E-state index in [1.54, 1.807) is 48.5 Å². The van der Waals surface area contributed by atoms with E-state index in [0.717, 1.165) is 30.8 Å². The van der Waals surface area contributed by atoms with Gasteiger partial charge < -0.3 is 26.0 Å². The molecule has 0 unspecified atom stereocenters. The Morgan fingerprint density at radius 2 is 1.44 bits per heavy atom. The molecule has 0 radical (unpaired) electrons. The number of hydrogen-bond acceptors (Lipinski definition) is 7. The second-order valence-corrected chi connectivity index (χ2v) is 16.4. The summed E-state index contributed by atoms with van der Waals surface area (Å²) in [6.07, 6.45) is 11.2. The molecule has 260 valence electrons. The monoisotopic (exact) mass is 656 g/mol. The summed E-state index contributed by atoms with van der Waals surface area (Å²) in [7, 11) is 0. The molecule has 0 bridgehead atoms. The molecule has 0 heterocycles. The minimum atomic E-state index is -1.72. The third-order valence-electron chi connectivity index (χ3n) is 13.2. The Balaban J connectivity index is 1.37. The van der Waals surface area contributed by atoms with Crippen molar-refractivity contribution >= 4 is 23.3 Å². The van der Waals surface area contributed by atoms with E-state index in [1.165, 1.54) is 32.1 Å². The molecule has 6 rings (SSSR count). The number of aliphatic hydroxyl groups is 1. The number of carbonyl (C=O) groups is 2. The highest BCUT2D eigenvalue weighted by Crippen LogP contribution is 2.69. The van der Waals surface area contributed by atoms with Gasteiger partial charge in [0.15, 0.2) is 0 Å². The van der Waals surface area contributed by atoms with Crippen molar-refractivity contribution in [3.8, 4) is 0 Å². The zero-order chi connectivity index (χ0) is 34.4. The Kier molecular flexibility index (Phi) is 9.49. The minimum absolute atomic E-state index is 0.00291. The molecule has 5 N–H and O–H groups in total. The second-order valence-electron chi connectivity index (χ2n) is 16.4. The molecule has 4 aliphatic carbocycles. The lowest BCUT2D eigenvalue weighted by Gasteiger charge is -2.62. The summed E-state index contributed by atoms with van der Waals surface area (Å²) in [5.74, 6) is 0.218. The van der Waals surface area contributed by atoms with E-state index in [0.29, 0.717) is 52.6 Å². The number of rotatable bonds is 9. The molecule has 48 heavy (non-hydrogen) atoms. The molecule has 3 saturated carbocycles. The van der Waals surface area contributed by atoms with Crippen LogP contribution in [0.1, 0.15) is 120 Å². The first-order valence-electron chi connectivity index (χ1n) is 18.3. The third-order valence-corrected chi connectivity index (χ3v) is 13.2. The maximum atomic E-state index is 14.0. The van der Waals surface area contributed by atoms with Crippen LogP contribution in [0.4, 0.5) is 11.4 Å². The number of carbonyl (C=O) groups excluding carboxylic acids is 2. The number of ether oxygens (including phenoxy) is 2. The summed E-state index contributed by atoms with van der Waals surface area (Å²) in [5.41, 5.74) is 14.0. The van der Waals surface area contributed by atoms with Gasteiger partial charge in [0.25, 0.3) is 5.79 Å². The fraction of sp³-hybridized carbons (Fsp3) is 0.610. The molecule has 4 aliphatic rings. The number of fused-ring (bicyclic) bond motifs is 5. The number of hydrogen-bond donors (Lipinski definition) is 3. The summed E-state index contributed by atoms with van der Waals surface area (Å²) in [5, 5.41) is 11.4. The first-order chi connectivity index (χ1) is 22.8. The highest BCUT2D eigenvalue weighted by atomic mass is 16.7. The van der Waals surface area contributed by atoms with Crippen LogP contribution in [0, 0.1) is 46.3 Å². The normalized spacial score (nSPS) is 32.7. The van der Waals surface area contributed by atoms with Gasteiger partial charge in [-0.1, -0.05) is 58.6 Å². The number of esters is 2. The van der Waals surface area contributed by atoms with Gasteiger partial charge in [0, 0.05) is 11.4 Å². The molecule has 0 aromatic heterocycles. The van der Waals surface area contributed by atoms with Crippen LogP contribution in [0.2, 0.25) is 0 Å². The van der Waals surface area contributed by atoms with E-state index in [1.807, 2.05) is 0 Å². The van der Waals surface area contributed by atoms with Crippen molar-refractivity contribution in [3.05, 3.63) is 71.3 Å². The summed E-state index contributed by atoms with van der Waals surface area (Å²) in [4.78, 5) is 28.0. The van der Waals surface area contributed by atoms with Crippen molar-refractivity contribution in [2.75, 3.05) is 11.5 Å². The van der Waals surface area contributed by atoms with Crippen molar-refractivity contribution in [2.24, 2.45) is 46.3 Å². The molecular weight excluding hydrogens is 600 g/mol. The molecule has 0 spiro atoms. The number of aliphatic hydroxyl groups excluding tert-OH is 1. The molecule has 3 fully saturated rings. The topological polar surface area (TPSA) is 125 Å². The largest absolute Gasteiger partial charge is 0.418 e. The van der Waals surface area contributed by atoms with E-state index in [9.17, 15) is 14.7 Å². The second kappa shape index (κ2) is 13.2. The van der Waals surface area contributed by atoms with Crippen LogP contribution in [-0.4, -0.2) is 28.9 Å². The third kappa shape index (κ3) is 6.05. The van der Waals surface area contributed by atoms with Crippen LogP contribution in [-0.2, 0) is 9.47 Å². The van der Waals surface area contributed by atoms with Gasteiger partial charge in [-0.05, 0) is 135 Å². The molecule has 0 saturated heterocycles. The van der Waals surface area contributed by atoms with E-state index in [-0.39, 0.29) is 17.8 Å². The molecule has 7 heteroatoms. The Hall–Kier alpha value is -3.32. The van der Waals surface area contributed by atoms with Crippen molar-refractivity contribution in [2.45, 2.75) is 111 Å². The Labute approximate surface area is 286 Å². The first kappa shape index (κ1) is 34.5. The van der Waals surface area contributed by atoms with Gasteiger partial charge in [-0.3, -0.25) is 0 Å². The fourth-order valence-electron chi connectivity index (χ4n) is 10.7. The minimum Gasteiger partial charge on any atom is -0.418 e. The van der Waals surface area contributed by atoms with Crippen LogP contribution in [0.5, 0.6) is 0 Å². The molecule has 2 aromatic rings. The predicted molar refractivity (Wildman–Crippen MR) is 190 cm³/mol. The number of nitrogen functional groups attached to an aromatic ring is 2. The zero-order valence-electron chi connectivity index (χ0n) is 29.5. The molecular formula is C41H56N2O5. The summed E-state index contributed by atoms with van der Waals surface area (Å²) in [6, 6.07) is 13.1. The van der Waals surface area contributed by atoms with Gasteiger partial charge in [0.05, 0.1) is 29.1 Å². The number of allylic oxidation sites excluding steroid dienone is 1. The quantitative estimate of drug-likeness (QED) is 0.107. The molecule has 2 aromatic carbocycles. The van der Waals surface area contributed by atoms with E-state index in [2.05, 4.69) is 40.7 Å². The molecule has 0 aliphatic heterocycles. The van der Waals surface area contributed by atoms with Crippen LogP contribution >= 0.6 is 0 Å². The Bertz CT molecular complexity index is 1460. The lowest BCUT2D eigenvalue weighted by atomic mass is 9.45. The van der Waals surface area contributed by atoms with Gasteiger partial charge in [-0.25, -0.2) is 9.59 Å². The van der Waals surface area contributed by atoms with Gasteiger partial charge in [-0.2, -0.15) is 0 Å². The van der Waals surface area contributed by atoms with Crippen molar-refractivity contribution in [1.82, 2.24) is 0 Å². The Morgan fingerprint density at radius 3 is 2.00 bits per heavy atom. The van der Waals surface area contributed by atoms with Crippen LogP contribution in [0.25, 0.3) is 0 Å². The van der Waals surface area contributed by atoms with Gasteiger partial charge >= 0.3 is 11.9 Å². The lowest BCUT2D eigenvalue weighted by molar-refractivity contribution is -0.276. The maximum absolute atomic E-state index is 14.0. The van der Waals surface area contributed by atoms with Gasteiger partial charge in [-0.15, -0.1) is 0 Å².